The Morgan fingerprint density at radius 2 is 1.64 bits per heavy atom. The lowest BCUT2D eigenvalue weighted by molar-refractivity contribution is -0.344. The maximum absolute atomic E-state index is 15.4. The number of carbonyl (C=O) groups is 6. The molecule has 4 N–H and O–H groups in total. The van der Waals surface area contributed by atoms with Gasteiger partial charge in [-0.3, -0.25) is 14.4 Å². The van der Waals surface area contributed by atoms with E-state index in [9.17, 15) is 39.3 Å². The van der Waals surface area contributed by atoms with Gasteiger partial charge < -0.3 is 49.1 Å². The van der Waals surface area contributed by atoms with Gasteiger partial charge in [-0.1, -0.05) is 59.2 Å². The van der Waals surface area contributed by atoms with E-state index < -0.39 is 112 Å². The van der Waals surface area contributed by atoms with Gasteiger partial charge in [0, 0.05) is 31.1 Å². The molecule has 4 aliphatic carbocycles. The predicted molar refractivity (Wildman–Crippen MR) is 205 cm³/mol. The van der Waals surface area contributed by atoms with Gasteiger partial charge in [-0.25, -0.2) is 14.4 Å². The lowest BCUT2D eigenvalue weighted by Gasteiger charge is -2.67. The summed E-state index contributed by atoms with van der Waals surface area (Å²) in [5, 5.41) is 40.1. The number of aliphatic hydroxyl groups excluding tert-OH is 2. The zero-order valence-corrected chi connectivity index (χ0v) is 35.1. The minimum absolute atomic E-state index is 0.00644. The molecule has 324 valence electrons. The summed E-state index contributed by atoms with van der Waals surface area (Å²) in [6, 6.07) is 6.72. The Balaban J connectivity index is 1.55. The second kappa shape index (κ2) is 15.6. The highest BCUT2D eigenvalue weighted by Gasteiger charge is 2.78. The number of fused-ring (bicyclic) bond motifs is 5. The first kappa shape index (κ1) is 44.2. The molecule has 2 bridgehead atoms. The number of hydrogen-bond donors (Lipinski definition) is 4. The molecule has 1 aliphatic heterocycles. The van der Waals surface area contributed by atoms with Crippen LogP contribution in [0.2, 0.25) is 0 Å². The van der Waals surface area contributed by atoms with Gasteiger partial charge in [0.25, 0.3) is 0 Å². The van der Waals surface area contributed by atoms with Crippen molar-refractivity contribution in [2.24, 2.45) is 28.1 Å². The molecule has 1 heterocycles. The molecule has 16 heteroatoms. The van der Waals surface area contributed by atoms with Crippen molar-refractivity contribution < 1.29 is 72.5 Å². The number of Topliss-reactive ketones (excluding diaryl/α,β-unsaturated/α-hetero) is 1. The quantitative estimate of drug-likeness (QED) is 0.159. The maximum atomic E-state index is 15.4. The Morgan fingerprint density at radius 1 is 1.00 bits per heavy atom. The Kier molecular flexibility index (Phi) is 11.7. The maximum Gasteiger partial charge on any atom is 0.508 e. The van der Waals surface area contributed by atoms with Crippen molar-refractivity contribution in [3.8, 4) is 0 Å². The highest BCUT2D eigenvalue weighted by Crippen LogP contribution is 2.64. The molecule has 1 aromatic rings. The first-order chi connectivity index (χ1) is 27.4. The minimum atomic E-state index is -2.39. The molecule has 0 aromatic heterocycles. The number of rotatable bonds is 9. The summed E-state index contributed by atoms with van der Waals surface area (Å²) in [6.07, 6.45) is -9.38. The highest BCUT2D eigenvalue weighted by molar-refractivity contribution is 5.95. The number of methoxy groups -OCH3 is 1. The van der Waals surface area contributed by atoms with Crippen molar-refractivity contribution in [3.63, 3.8) is 0 Å². The van der Waals surface area contributed by atoms with Gasteiger partial charge in [-0.15, -0.1) is 0 Å². The number of benzene rings is 1. The summed E-state index contributed by atoms with van der Waals surface area (Å²) in [5.74, 6) is -6.02. The van der Waals surface area contributed by atoms with E-state index in [0.717, 1.165) is 20.5 Å². The fourth-order valence-electron chi connectivity index (χ4n) is 10.0. The van der Waals surface area contributed by atoms with E-state index in [4.69, 9.17) is 28.4 Å². The minimum Gasteiger partial charge on any atom is -0.456 e. The van der Waals surface area contributed by atoms with E-state index in [1.807, 2.05) is 0 Å². The number of ketones is 1. The van der Waals surface area contributed by atoms with E-state index in [1.165, 1.54) is 26.0 Å². The summed E-state index contributed by atoms with van der Waals surface area (Å²) < 4.78 is 35.0. The molecule has 1 amide bonds. The molecule has 4 fully saturated rings. The monoisotopic (exact) mass is 827 g/mol. The largest absolute Gasteiger partial charge is 0.508 e. The van der Waals surface area contributed by atoms with Gasteiger partial charge in [0.2, 0.25) is 5.91 Å². The van der Waals surface area contributed by atoms with E-state index in [0.29, 0.717) is 12.8 Å². The van der Waals surface area contributed by atoms with Crippen LogP contribution in [0.5, 0.6) is 0 Å². The lowest BCUT2D eigenvalue weighted by Crippen LogP contribution is -2.82. The van der Waals surface area contributed by atoms with E-state index in [-0.39, 0.29) is 41.6 Å². The molecule has 11 atom stereocenters. The summed E-state index contributed by atoms with van der Waals surface area (Å²) in [5.41, 5.74) is -8.58. The number of amides is 1. The Hall–Kier alpha value is -4.38. The Labute approximate surface area is 343 Å². The molecule has 1 saturated heterocycles. The third-order valence-corrected chi connectivity index (χ3v) is 13.8. The summed E-state index contributed by atoms with van der Waals surface area (Å²) in [6.45, 7) is 12.0. The molecule has 3 saturated carbocycles. The van der Waals surface area contributed by atoms with Crippen molar-refractivity contribution in [1.82, 2.24) is 5.32 Å². The normalized spacial score (nSPS) is 34.7. The molecule has 2 unspecified atom stereocenters. The molecule has 5 aliphatic rings. The van der Waals surface area contributed by atoms with E-state index in [2.05, 4.69) is 5.32 Å². The third-order valence-electron chi connectivity index (χ3n) is 13.8. The van der Waals surface area contributed by atoms with Crippen LogP contribution in [-0.2, 0) is 47.6 Å². The number of nitrogens with one attached hydrogen (secondary N) is 1. The average Bonchev–Trinajstić information content (AvgIpc) is 3.13. The molecule has 59 heavy (non-hydrogen) atoms. The highest BCUT2D eigenvalue weighted by atomic mass is 16.8. The molecule has 6 rings (SSSR count). The zero-order valence-electron chi connectivity index (χ0n) is 35.1. The molecular weight excluding hydrogens is 770 g/mol. The smallest absolute Gasteiger partial charge is 0.456 e. The van der Waals surface area contributed by atoms with Crippen LogP contribution in [0.3, 0.4) is 0 Å². The summed E-state index contributed by atoms with van der Waals surface area (Å²) in [7, 11) is 1.07. The van der Waals surface area contributed by atoms with Crippen LogP contribution < -0.4 is 5.32 Å². The van der Waals surface area contributed by atoms with Gasteiger partial charge in [0.1, 0.15) is 23.9 Å². The Bertz CT molecular complexity index is 1900. The lowest BCUT2D eigenvalue weighted by atomic mass is 9.44. The zero-order chi connectivity index (χ0) is 43.6. The molecule has 1 aromatic carbocycles. The number of aliphatic hydroxyl groups is 3. The van der Waals surface area contributed by atoms with Crippen molar-refractivity contribution in [2.75, 3.05) is 13.7 Å². The van der Waals surface area contributed by atoms with Gasteiger partial charge in [-0.2, -0.15) is 0 Å². The SMILES string of the molecule is COC(=O)O[C@@]12CO[C@@H]1C[C@H](O)[C@@]1(C)C(=O)[C@H](OC(C)=O)C3=C(C)[C@@H](OC(=O)[C@H](O)[C@@H](NC(=O)C4CCC4)C(C)(C)C)C[C@@](O)(C(OC(=O)c4ccccc4)C12)C3(C)C. The Morgan fingerprint density at radius 3 is 2.17 bits per heavy atom. The number of ether oxygens (including phenoxy) is 6. The molecule has 0 radical (unpaired) electrons. The van der Waals surface area contributed by atoms with Crippen LogP contribution in [0.4, 0.5) is 4.79 Å². The summed E-state index contributed by atoms with van der Waals surface area (Å²) in [4.78, 5) is 82.9. The van der Waals surface area contributed by atoms with Crippen LogP contribution in [0, 0.1) is 28.1 Å². The first-order valence-corrected chi connectivity index (χ1v) is 20.1. The van der Waals surface area contributed by atoms with Crippen LogP contribution >= 0.6 is 0 Å². The standard InChI is InChI=1S/C43H57NO15/c1-21-25(57-37(51)29(47)32(39(3,4)5)44-35(49)23-16-13-17-23)19-43(53)34(58-36(50)24-14-11-10-12-15-24)31-41(8,33(48)30(56-22(2)45)28(21)40(43,6)7)26(46)18-27-42(31,20-55-27)59-38(52)54-9/h10-12,14-15,23,25-27,29-32,34,46-47,53H,13,16-20H2,1-9H3,(H,44,49)/t25-,26-,27+,29+,30+,31?,32+,34?,41+,42-,43+/m0/s1. The average molecular weight is 828 g/mol. The van der Waals surface area contributed by atoms with Gasteiger partial charge in [0.05, 0.1) is 42.8 Å². The number of hydrogen-bond acceptors (Lipinski definition) is 15. The van der Waals surface area contributed by atoms with Crippen molar-refractivity contribution in [3.05, 3.63) is 47.0 Å². The van der Waals surface area contributed by atoms with E-state index in [1.54, 1.807) is 52.8 Å². The first-order valence-electron chi connectivity index (χ1n) is 20.1. The van der Waals surface area contributed by atoms with Crippen molar-refractivity contribution in [1.29, 1.82) is 0 Å². The second-order valence-electron chi connectivity index (χ2n) is 18.6. The fraction of sp³-hybridized carbons (Fsp3) is 0.674. The third kappa shape index (κ3) is 7.23. The van der Waals surface area contributed by atoms with Crippen molar-refractivity contribution in [2.45, 2.75) is 141 Å². The van der Waals surface area contributed by atoms with Crippen molar-refractivity contribution >= 4 is 35.8 Å². The molecule has 0 spiro atoms. The van der Waals surface area contributed by atoms with Crippen LogP contribution in [0.1, 0.15) is 97.9 Å². The number of carbonyl (C=O) groups excluding carboxylic acids is 6. The molecule has 16 nitrogen and oxygen atoms in total. The van der Waals surface area contributed by atoms with Gasteiger partial charge in [-0.05, 0) is 55.4 Å². The van der Waals surface area contributed by atoms with Crippen LogP contribution in [0.15, 0.2) is 41.5 Å². The van der Waals surface area contributed by atoms with Crippen LogP contribution in [0.25, 0.3) is 0 Å². The second-order valence-corrected chi connectivity index (χ2v) is 18.6. The topological polar surface area (TPSA) is 231 Å². The molecular formula is C43H57NO15. The van der Waals surface area contributed by atoms with Gasteiger partial charge in [0.15, 0.2) is 23.6 Å². The fourth-order valence-corrected chi connectivity index (χ4v) is 10.0. The number of esters is 3. The predicted octanol–water partition coefficient (Wildman–Crippen LogP) is 3.12. The van der Waals surface area contributed by atoms with E-state index >= 15 is 4.79 Å². The van der Waals surface area contributed by atoms with Gasteiger partial charge >= 0.3 is 24.1 Å². The summed E-state index contributed by atoms with van der Waals surface area (Å²) >= 11 is 0. The van der Waals surface area contributed by atoms with Crippen LogP contribution in [-0.4, -0.2) is 119 Å².